The molecule has 0 amide bonds. The number of rotatable bonds is 5. The Morgan fingerprint density at radius 2 is 2.00 bits per heavy atom. The molecular weight excluding hydrogens is 174 g/mol. The van der Waals surface area contributed by atoms with Crippen LogP contribution in [0.2, 0.25) is 0 Å². The highest BCUT2D eigenvalue weighted by Crippen LogP contribution is 2.09. The summed E-state index contributed by atoms with van der Waals surface area (Å²) < 4.78 is 21.9. The molecule has 4 heteroatoms. The molecule has 3 nitrogen and oxygen atoms in total. The zero-order chi connectivity index (χ0) is 9.61. The predicted molar refractivity (Wildman–Crippen MR) is 48.4 cm³/mol. The number of nitriles is 1. The van der Waals surface area contributed by atoms with Crippen LogP contribution < -0.4 is 0 Å². The third-order valence-corrected chi connectivity index (χ3v) is 3.11. The highest BCUT2D eigenvalue weighted by atomic mass is 32.2. The van der Waals surface area contributed by atoms with Gasteiger partial charge >= 0.3 is 0 Å². The smallest absolute Gasteiger partial charge is 0.163 e. The number of hydrogen-bond acceptors (Lipinski definition) is 3. The van der Waals surface area contributed by atoms with E-state index in [0.29, 0.717) is 6.42 Å². The molecule has 0 aliphatic heterocycles. The molecule has 0 spiro atoms. The lowest BCUT2D eigenvalue weighted by Crippen LogP contribution is -2.17. The summed E-state index contributed by atoms with van der Waals surface area (Å²) in [6.45, 7) is 2.04. The quantitative estimate of drug-likeness (QED) is 0.616. The first-order chi connectivity index (χ1) is 5.52. The monoisotopic (exact) mass is 189 g/mol. The standard InChI is InChI=1S/C8H15NO2S/c1-3-4-5-6-8(7-9)12(2,10)11/h8H,3-6H2,1-2H3. The molecule has 0 aromatic carbocycles. The summed E-state index contributed by atoms with van der Waals surface area (Å²) in [6, 6.07) is 1.81. The van der Waals surface area contributed by atoms with Gasteiger partial charge in [-0.25, -0.2) is 8.42 Å². The van der Waals surface area contributed by atoms with Gasteiger partial charge in [0.15, 0.2) is 9.84 Å². The molecule has 0 saturated carbocycles. The second kappa shape index (κ2) is 5.15. The van der Waals surface area contributed by atoms with Gasteiger partial charge in [0, 0.05) is 6.26 Å². The van der Waals surface area contributed by atoms with Gasteiger partial charge in [-0.3, -0.25) is 0 Å². The average molecular weight is 189 g/mol. The van der Waals surface area contributed by atoms with E-state index in [1.54, 1.807) is 0 Å². The average Bonchev–Trinajstić information content (AvgIpc) is 1.95. The highest BCUT2D eigenvalue weighted by Gasteiger charge is 2.18. The summed E-state index contributed by atoms with van der Waals surface area (Å²) in [6.07, 6.45) is 4.45. The SMILES string of the molecule is CCCCCC(C#N)S(C)(=O)=O. The van der Waals surface area contributed by atoms with Gasteiger partial charge in [0.25, 0.3) is 0 Å². The largest absolute Gasteiger partial charge is 0.228 e. The van der Waals surface area contributed by atoms with Crippen LogP contribution in [0.4, 0.5) is 0 Å². The number of sulfone groups is 1. The maximum absolute atomic E-state index is 10.9. The van der Waals surface area contributed by atoms with E-state index < -0.39 is 15.1 Å². The fourth-order valence-electron chi connectivity index (χ4n) is 0.954. The molecule has 0 aromatic heterocycles. The fraction of sp³-hybridized carbons (Fsp3) is 0.875. The van der Waals surface area contributed by atoms with Crippen molar-refractivity contribution in [2.24, 2.45) is 0 Å². The van der Waals surface area contributed by atoms with Gasteiger partial charge in [0.05, 0.1) is 6.07 Å². The molecule has 0 heterocycles. The van der Waals surface area contributed by atoms with Gasteiger partial charge in [0.2, 0.25) is 0 Å². The summed E-state index contributed by atoms with van der Waals surface area (Å²) in [5.74, 6) is 0. The van der Waals surface area contributed by atoms with E-state index in [1.807, 2.05) is 13.0 Å². The Balaban J connectivity index is 3.97. The zero-order valence-electron chi connectivity index (χ0n) is 7.58. The summed E-state index contributed by atoms with van der Waals surface area (Å²) in [4.78, 5) is 0. The number of unbranched alkanes of at least 4 members (excludes halogenated alkanes) is 2. The maximum Gasteiger partial charge on any atom is 0.163 e. The van der Waals surface area contributed by atoms with Crippen molar-refractivity contribution in [2.75, 3.05) is 6.26 Å². The summed E-state index contributed by atoms with van der Waals surface area (Å²) in [7, 11) is -3.16. The van der Waals surface area contributed by atoms with Crippen molar-refractivity contribution in [3.63, 3.8) is 0 Å². The molecule has 0 aliphatic rings. The van der Waals surface area contributed by atoms with Crippen molar-refractivity contribution in [1.29, 1.82) is 5.26 Å². The topological polar surface area (TPSA) is 57.9 Å². The van der Waals surface area contributed by atoms with Crippen LogP contribution in [0.1, 0.15) is 32.6 Å². The second-order valence-electron chi connectivity index (χ2n) is 2.94. The van der Waals surface area contributed by atoms with Crippen LogP contribution in [0.15, 0.2) is 0 Å². The van der Waals surface area contributed by atoms with Crippen molar-refractivity contribution < 1.29 is 8.42 Å². The Kier molecular flexibility index (Phi) is 4.91. The Morgan fingerprint density at radius 1 is 1.42 bits per heavy atom. The summed E-state index contributed by atoms with van der Waals surface area (Å²) in [5, 5.41) is 7.73. The Labute approximate surface area is 74.3 Å². The number of hydrogen-bond donors (Lipinski definition) is 0. The molecular formula is C8H15NO2S. The van der Waals surface area contributed by atoms with E-state index >= 15 is 0 Å². The van der Waals surface area contributed by atoms with E-state index in [9.17, 15) is 8.42 Å². The Bertz CT molecular complexity index is 251. The first-order valence-electron chi connectivity index (χ1n) is 4.10. The lowest BCUT2D eigenvalue weighted by Gasteiger charge is -2.04. The van der Waals surface area contributed by atoms with Crippen LogP contribution in [0.3, 0.4) is 0 Å². The lowest BCUT2D eigenvalue weighted by atomic mass is 10.2. The van der Waals surface area contributed by atoms with Crippen LogP contribution in [-0.4, -0.2) is 19.9 Å². The minimum atomic E-state index is -3.16. The number of nitrogens with zero attached hydrogens (tertiary/aromatic N) is 1. The van der Waals surface area contributed by atoms with Crippen LogP contribution in [0, 0.1) is 11.3 Å². The zero-order valence-corrected chi connectivity index (χ0v) is 8.39. The third kappa shape index (κ3) is 4.35. The molecule has 0 aromatic rings. The van der Waals surface area contributed by atoms with Gasteiger partial charge < -0.3 is 0 Å². The van der Waals surface area contributed by atoms with Crippen molar-refractivity contribution in [3.8, 4) is 6.07 Å². The van der Waals surface area contributed by atoms with E-state index in [2.05, 4.69) is 0 Å². The van der Waals surface area contributed by atoms with Crippen molar-refractivity contribution in [1.82, 2.24) is 0 Å². The van der Waals surface area contributed by atoms with E-state index in [1.165, 1.54) is 0 Å². The maximum atomic E-state index is 10.9. The molecule has 0 aliphatic carbocycles. The van der Waals surface area contributed by atoms with Crippen molar-refractivity contribution in [3.05, 3.63) is 0 Å². The van der Waals surface area contributed by atoms with Crippen molar-refractivity contribution in [2.45, 2.75) is 37.9 Å². The van der Waals surface area contributed by atoms with Crippen molar-refractivity contribution >= 4 is 9.84 Å². The van der Waals surface area contributed by atoms with E-state index in [4.69, 9.17) is 5.26 Å². The minimum Gasteiger partial charge on any atom is -0.228 e. The van der Waals surface area contributed by atoms with E-state index in [-0.39, 0.29) is 0 Å². The molecule has 0 N–H and O–H groups in total. The molecule has 0 rings (SSSR count). The lowest BCUT2D eigenvalue weighted by molar-refractivity contribution is 0.583. The van der Waals surface area contributed by atoms with Gasteiger partial charge in [-0.2, -0.15) is 5.26 Å². The van der Waals surface area contributed by atoms with Crippen LogP contribution in [0.5, 0.6) is 0 Å². The van der Waals surface area contributed by atoms with Gasteiger partial charge in [-0.15, -0.1) is 0 Å². The van der Waals surface area contributed by atoms with E-state index in [0.717, 1.165) is 25.5 Å². The molecule has 0 bridgehead atoms. The second-order valence-corrected chi connectivity index (χ2v) is 5.17. The fourth-order valence-corrected chi connectivity index (χ4v) is 1.74. The Hall–Kier alpha value is -0.560. The molecule has 1 atom stereocenters. The Morgan fingerprint density at radius 3 is 2.33 bits per heavy atom. The third-order valence-electron chi connectivity index (χ3n) is 1.73. The first-order valence-corrected chi connectivity index (χ1v) is 6.06. The van der Waals surface area contributed by atoms with Crippen LogP contribution >= 0.6 is 0 Å². The summed E-state index contributed by atoms with van der Waals surface area (Å²) in [5.41, 5.74) is 0. The molecule has 12 heavy (non-hydrogen) atoms. The molecule has 1 unspecified atom stereocenters. The molecule has 0 saturated heterocycles. The predicted octanol–water partition coefficient (Wildman–Crippen LogP) is 1.50. The van der Waals surface area contributed by atoms with Gasteiger partial charge in [0.1, 0.15) is 5.25 Å². The van der Waals surface area contributed by atoms with Crippen LogP contribution in [0.25, 0.3) is 0 Å². The minimum absolute atomic E-state index is 0.475. The molecule has 0 radical (unpaired) electrons. The van der Waals surface area contributed by atoms with Crippen LogP contribution in [-0.2, 0) is 9.84 Å². The van der Waals surface area contributed by atoms with Gasteiger partial charge in [-0.05, 0) is 6.42 Å². The highest BCUT2D eigenvalue weighted by molar-refractivity contribution is 7.91. The molecule has 70 valence electrons. The molecule has 0 fully saturated rings. The normalized spacial score (nSPS) is 13.8. The first kappa shape index (κ1) is 11.4. The van der Waals surface area contributed by atoms with Gasteiger partial charge in [-0.1, -0.05) is 26.2 Å². The summed E-state index contributed by atoms with van der Waals surface area (Å²) >= 11 is 0.